The topological polar surface area (TPSA) is 38.7 Å². The predicted octanol–water partition coefficient (Wildman–Crippen LogP) is 1.78. The summed E-state index contributed by atoms with van der Waals surface area (Å²) in [5.41, 5.74) is 0.353. The highest BCUT2D eigenvalue weighted by molar-refractivity contribution is 5.29. The maximum Gasteiger partial charge on any atom is 0.119 e. The highest BCUT2D eigenvalue weighted by Gasteiger charge is 2.39. The van der Waals surface area contributed by atoms with Crippen molar-refractivity contribution in [3.8, 4) is 5.75 Å². The van der Waals surface area contributed by atoms with Crippen LogP contribution >= 0.6 is 0 Å². The zero-order valence-corrected chi connectivity index (χ0v) is 9.77. The van der Waals surface area contributed by atoms with Crippen molar-refractivity contribution in [3.05, 3.63) is 29.8 Å². The van der Waals surface area contributed by atoms with Crippen LogP contribution in [0.25, 0.3) is 0 Å². The Labute approximate surface area is 96.0 Å². The van der Waals surface area contributed by atoms with E-state index >= 15 is 0 Å². The van der Waals surface area contributed by atoms with Gasteiger partial charge in [0, 0.05) is 19.4 Å². The number of hydrogen-bond donors (Lipinski definition) is 1. The molecule has 1 aliphatic rings. The van der Waals surface area contributed by atoms with Crippen LogP contribution < -0.4 is 4.74 Å². The molecule has 0 radical (unpaired) electrons. The summed E-state index contributed by atoms with van der Waals surface area (Å²) in [5.74, 6) is 0.827. The number of rotatable bonds is 3. The molecule has 0 bridgehead atoms. The van der Waals surface area contributed by atoms with Gasteiger partial charge in [-0.15, -0.1) is 0 Å². The van der Waals surface area contributed by atoms with Crippen molar-refractivity contribution in [1.82, 2.24) is 0 Å². The fourth-order valence-corrected chi connectivity index (χ4v) is 2.14. The van der Waals surface area contributed by atoms with Gasteiger partial charge in [0.1, 0.15) is 5.75 Å². The van der Waals surface area contributed by atoms with E-state index in [0.717, 1.165) is 11.3 Å². The average Bonchev–Trinajstić information content (AvgIpc) is 2.59. The molecule has 1 N–H and O–H groups in total. The van der Waals surface area contributed by atoms with Crippen molar-refractivity contribution in [1.29, 1.82) is 0 Å². The molecule has 0 spiro atoms. The largest absolute Gasteiger partial charge is 0.497 e. The number of methoxy groups -OCH3 is 1. The van der Waals surface area contributed by atoms with Crippen LogP contribution in [0.4, 0.5) is 0 Å². The molecule has 16 heavy (non-hydrogen) atoms. The normalized spacial score (nSPS) is 29.3. The summed E-state index contributed by atoms with van der Waals surface area (Å²) >= 11 is 0. The van der Waals surface area contributed by atoms with E-state index in [2.05, 4.69) is 0 Å². The third-order valence-electron chi connectivity index (χ3n) is 3.30. The Morgan fingerprint density at radius 2 is 2.38 bits per heavy atom. The summed E-state index contributed by atoms with van der Waals surface area (Å²) in [4.78, 5) is 0. The fourth-order valence-electron chi connectivity index (χ4n) is 2.14. The van der Waals surface area contributed by atoms with Crippen LogP contribution in [-0.4, -0.2) is 30.5 Å². The van der Waals surface area contributed by atoms with Gasteiger partial charge in [-0.3, -0.25) is 0 Å². The first kappa shape index (κ1) is 11.4. The SMILES string of the molecule is COc1cccc(CC2(O)CCOC2C)c1. The maximum absolute atomic E-state index is 10.4. The van der Waals surface area contributed by atoms with Gasteiger partial charge in [0.25, 0.3) is 0 Å². The Morgan fingerprint density at radius 3 is 3.00 bits per heavy atom. The monoisotopic (exact) mass is 222 g/mol. The third kappa shape index (κ3) is 2.20. The van der Waals surface area contributed by atoms with Gasteiger partial charge in [-0.05, 0) is 24.6 Å². The van der Waals surface area contributed by atoms with E-state index in [-0.39, 0.29) is 6.10 Å². The Kier molecular flexibility index (Phi) is 3.17. The standard InChI is InChI=1S/C13H18O3/c1-10-13(14,6-7-16-10)9-11-4-3-5-12(8-11)15-2/h3-5,8,10,14H,6-7,9H2,1-2H3. The van der Waals surface area contributed by atoms with Gasteiger partial charge < -0.3 is 14.6 Å². The van der Waals surface area contributed by atoms with E-state index in [1.54, 1.807) is 7.11 Å². The summed E-state index contributed by atoms with van der Waals surface area (Å²) in [6, 6.07) is 7.81. The molecule has 1 fully saturated rings. The van der Waals surface area contributed by atoms with Gasteiger partial charge in [0.15, 0.2) is 0 Å². The minimum Gasteiger partial charge on any atom is -0.497 e. The van der Waals surface area contributed by atoms with Gasteiger partial charge >= 0.3 is 0 Å². The summed E-state index contributed by atoms with van der Waals surface area (Å²) in [5, 5.41) is 10.4. The minimum absolute atomic E-state index is 0.0984. The first-order valence-corrected chi connectivity index (χ1v) is 5.61. The molecular weight excluding hydrogens is 204 g/mol. The van der Waals surface area contributed by atoms with E-state index in [0.29, 0.717) is 19.4 Å². The Hall–Kier alpha value is -1.06. The van der Waals surface area contributed by atoms with Crippen molar-refractivity contribution < 1.29 is 14.6 Å². The van der Waals surface area contributed by atoms with Crippen molar-refractivity contribution in [3.63, 3.8) is 0 Å². The highest BCUT2D eigenvalue weighted by atomic mass is 16.5. The Morgan fingerprint density at radius 1 is 1.56 bits per heavy atom. The number of benzene rings is 1. The summed E-state index contributed by atoms with van der Waals surface area (Å²) < 4.78 is 10.6. The average molecular weight is 222 g/mol. The van der Waals surface area contributed by atoms with Crippen molar-refractivity contribution in [2.75, 3.05) is 13.7 Å². The van der Waals surface area contributed by atoms with Crippen LogP contribution in [0.1, 0.15) is 18.9 Å². The number of aliphatic hydroxyl groups is 1. The molecule has 1 aliphatic heterocycles. The fraction of sp³-hybridized carbons (Fsp3) is 0.538. The lowest BCUT2D eigenvalue weighted by molar-refractivity contribution is -0.0269. The molecule has 0 aromatic heterocycles. The first-order chi connectivity index (χ1) is 7.64. The summed E-state index contributed by atoms with van der Waals surface area (Å²) in [7, 11) is 1.65. The van der Waals surface area contributed by atoms with Gasteiger partial charge in [-0.25, -0.2) is 0 Å². The van der Waals surface area contributed by atoms with Crippen LogP contribution in [0.5, 0.6) is 5.75 Å². The number of hydrogen-bond acceptors (Lipinski definition) is 3. The maximum atomic E-state index is 10.4. The molecule has 2 unspecified atom stereocenters. The quantitative estimate of drug-likeness (QED) is 0.847. The summed E-state index contributed by atoms with van der Waals surface area (Å²) in [6.07, 6.45) is 1.22. The second kappa shape index (κ2) is 4.44. The molecule has 2 rings (SSSR count). The molecule has 0 aliphatic carbocycles. The van der Waals surface area contributed by atoms with E-state index in [9.17, 15) is 5.11 Å². The van der Waals surface area contributed by atoms with Crippen molar-refractivity contribution in [2.45, 2.75) is 31.5 Å². The van der Waals surface area contributed by atoms with E-state index in [1.807, 2.05) is 31.2 Å². The smallest absolute Gasteiger partial charge is 0.119 e. The van der Waals surface area contributed by atoms with Crippen LogP contribution in [0.3, 0.4) is 0 Å². The van der Waals surface area contributed by atoms with Gasteiger partial charge in [-0.2, -0.15) is 0 Å². The molecule has 3 nitrogen and oxygen atoms in total. The lowest BCUT2D eigenvalue weighted by Gasteiger charge is -2.26. The molecule has 1 heterocycles. The van der Waals surface area contributed by atoms with Gasteiger partial charge in [-0.1, -0.05) is 12.1 Å². The third-order valence-corrected chi connectivity index (χ3v) is 3.30. The predicted molar refractivity (Wildman–Crippen MR) is 61.7 cm³/mol. The molecule has 1 aromatic rings. The molecule has 0 amide bonds. The van der Waals surface area contributed by atoms with Crippen molar-refractivity contribution >= 4 is 0 Å². The second-order valence-electron chi connectivity index (χ2n) is 4.39. The van der Waals surface area contributed by atoms with Crippen LogP contribution in [0, 0.1) is 0 Å². The minimum atomic E-state index is -0.730. The zero-order valence-electron chi connectivity index (χ0n) is 9.77. The van der Waals surface area contributed by atoms with E-state index in [4.69, 9.17) is 9.47 Å². The summed E-state index contributed by atoms with van der Waals surface area (Å²) in [6.45, 7) is 2.56. The molecule has 0 saturated carbocycles. The van der Waals surface area contributed by atoms with E-state index in [1.165, 1.54) is 0 Å². The first-order valence-electron chi connectivity index (χ1n) is 5.61. The van der Waals surface area contributed by atoms with Crippen molar-refractivity contribution in [2.24, 2.45) is 0 Å². The molecule has 3 heteroatoms. The zero-order chi connectivity index (χ0) is 11.6. The Balaban J connectivity index is 2.13. The Bertz CT molecular complexity index is 364. The lowest BCUT2D eigenvalue weighted by Crippen LogP contribution is -2.38. The molecule has 2 atom stereocenters. The van der Waals surface area contributed by atoms with Crippen LogP contribution in [0.2, 0.25) is 0 Å². The van der Waals surface area contributed by atoms with E-state index < -0.39 is 5.60 Å². The lowest BCUT2D eigenvalue weighted by atomic mass is 9.89. The number of ether oxygens (including phenoxy) is 2. The van der Waals surface area contributed by atoms with Gasteiger partial charge in [0.05, 0.1) is 18.8 Å². The van der Waals surface area contributed by atoms with Crippen LogP contribution in [-0.2, 0) is 11.2 Å². The highest BCUT2D eigenvalue weighted by Crippen LogP contribution is 2.30. The van der Waals surface area contributed by atoms with Gasteiger partial charge in [0.2, 0.25) is 0 Å². The molecular formula is C13H18O3. The second-order valence-corrected chi connectivity index (χ2v) is 4.39. The molecule has 1 saturated heterocycles. The molecule has 88 valence electrons. The van der Waals surface area contributed by atoms with Crippen LogP contribution in [0.15, 0.2) is 24.3 Å². The molecule has 1 aromatic carbocycles.